The summed E-state index contributed by atoms with van der Waals surface area (Å²) < 4.78 is 5.29. The molecule has 1 heterocycles. The molecule has 2 fully saturated rings. The van der Waals surface area contributed by atoms with Crippen molar-refractivity contribution < 1.29 is 14.7 Å². The minimum atomic E-state index is -0.463. The van der Waals surface area contributed by atoms with Crippen LogP contribution in [0.1, 0.15) is 20.8 Å². The van der Waals surface area contributed by atoms with Crippen molar-refractivity contribution in [3.8, 4) is 0 Å². The zero-order chi connectivity index (χ0) is 12.8. The van der Waals surface area contributed by atoms with Gasteiger partial charge in [-0.25, -0.2) is 4.79 Å². The quantitative estimate of drug-likeness (QED) is 0.308. The van der Waals surface area contributed by atoms with Crippen LogP contribution < -0.4 is 5.73 Å². The van der Waals surface area contributed by atoms with Crippen LogP contribution in [0.2, 0.25) is 0 Å². The van der Waals surface area contributed by atoms with E-state index < -0.39 is 5.60 Å². The Morgan fingerprint density at radius 3 is 2.35 bits per heavy atom. The first-order valence-corrected chi connectivity index (χ1v) is 5.79. The van der Waals surface area contributed by atoms with Gasteiger partial charge in [-0.1, -0.05) is 5.16 Å². The number of hydrogen-bond donors (Lipinski definition) is 2. The number of piperidine rings is 1. The number of oxime groups is 1. The number of amides is 1. The Balaban J connectivity index is 1.85. The molecule has 2 rings (SSSR count). The van der Waals surface area contributed by atoms with Crippen LogP contribution in [0.5, 0.6) is 0 Å². The molecule has 0 radical (unpaired) electrons. The first-order chi connectivity index (χ1) is 7.83. The Hall–Kier alpha value is -1.46. The van der Waals surface area contributed by atoms with E-state index >= 15 is 0 Å². The summed E-state index contributed by atoms with van der Waals surface area (Å²) in [5, 5.41) is 11.6. The molecule has 0 aromatic heterocycles. The topological polar surface area (TPSA) is 88.2 Å². The van der Waals surface area contributed by atoms with Gasteiger partial charge in [-0.15, -0.1) is 0 Å². The third-order valence-electron chi connectivity index (χ3n) is 3.30. The minimum Gasteiger partial charge on any atom is -0.444 e. The van der Waals surface area contributed by atoms with E-state index in [4.69, 9.17) is 15.7 Å². The smallest absolute Gasteiger partial charge is 0.410 e. The van der Waals surface area contributed by atoms with Crippen LogP contribution in [-0.2, 0) is 4.74 Å². The molecule has 0 spiro atoms. The van der Waals surface area contributed by atoms with Crippen molar-refractivity contribution in [1.29, 1.82) is 0 Å². The zero-order valence-electron chi connectivity index (χ0n) is 10.4. The fourth-order valence-corrected chi connectivity index (χ4v) is 2.51. The van der Waals surface area contributed by atoms with E-state index in [0.29, 0.717) is 24.9 Å². The molecule has 1 saturated carbocycles. The lowest BCUT2D eigenvalue weighted by molar-refractivity contribution is 0.0270. The summed E-state index contributed by atoms with van der Waals surface area (Å²) in [5.41, 5.74) is 5.09. The molecule has 3 N–H and O–H groups in total. The van der Waals surface area contributed by atoms with E-state index in [2.05, 4.69) is 5.16 Å². The molecule has 6 nitrogen and oxygen atoms in total. The highest BCUT2D eigenvalue weighted by Gasteiger charge is 2.59. The number of carbonyl (C=O) groups excluding carboxylic acids is 1. The Kier molecular flexibility index (Phi) is 2.67. The monoisotopic (exact) mass is 241 g/mol. The van der Waals surface area contributed by atoms with Crippen molar-refractivity contribution in [2.24, 2.45) is 28.6 Å². The van der Waals surface area contributed by atoms with Gasteiger partial charge in [0, 0.05) is 19.0 Å². The molecule has 1 aliphatic heterocycles. The number of carbonyl (C=O) groups is 1. The number of rotatable bonds is 1. The summed E-state index contributed by atoms with van der Waals surface area (Å²) in [7, 11) is 0. The number of amidine groups is 1. The third kappa shape index (κ3) is 2.30. The molecule has 1 aliphatic carbocycles. The molecule has 1 saturated heterocycles. The maximum absolute atomic E-state index is 11.8. The highest BCUT2D eigenvalue weighted by molar-refractivity contribution is 5.86. The van der Waals surface area contributed by atoms with Gasteiger partial charge in [0.1, 0.15) is 11.4 Å². The molecular formula is C11H19N3O3. The second-order valence-corrected chi connectivity index (χ2v) is 5.76. The Morgan fingerprint density at radius 1 is 1.41 bits per heavy atom. The fourth-order valence-electron chi connectivity index (χ4n) is 2.51. The fraction of sp³-hybridized carbons (Fsp3) is 0.818. The number of hydrogen-bond acceptors (Lipinski definition) is 4. The summed E-state index contributed by atoms with van der Waals surface area (Å²) in [4.78, 5) is 13.5. The summed E-state index contributed by atoms with van der Waals surface area (Å²) in [6.07, 6.45) is -0.275. The average molecular weight is 241 g/mol. The Labute approximate surface area is 100 Å². The molecular weight excluding hydrogens is 222 g/mol. The van der Waals surface area contributed by atoms with Crippen molar-refractivity contribution in [2.45, 2.75) is 26.4 Å². The van der Waals surface area contributed by atoms with E-state index in [1.165, 1.54) is 0 Å². The Morgan fingerprint density at radius 2 is 1.94 bits per heavy atom. The third-order valence-corrected chi connectivity index (χ3v) is 3.30. The van der Waals surface area contributed by atoms with E-state index in [0.717, 1.165) is 0 Å². The van der Waals surface area contributed by atoms with E-state index in [-0.39, 0.29) is 17.8 Å². The van der Waals surface area contributed by atoms with Crippen LogP contribution in [0.3, 0.4) is 0 Å². The van der Waals surface area contributed by atoms with E-state index in [9.17, 15) is 4.79 Å². The summed E-state index contributed by atoms with van der Waals surface area (Å²) in [5.74, 6) is 1.08. The van der Waals surface area contributed by atoms with E-state index in [1.54, 1.807) is 4.90 Å². The average Bonchev–Trinajstić information content (AvgIpc) is 2.69. The molecule has 2 unspecified atom stereocenters. The second kappa shape index (κ2) is 3.78. The van der Waals surface area contributed by atoms with Gasteiger partial charge >= 0.3 is 6.09 Å². The van der Waals surface area contributed by atoms with Crippen LogP contribution in [0.15, 0.2) is 5.16 Å². The normalized spacial score (nSPS) is 32.3. The standard InChI is InChI=1S/C11H19N3O3/c1-11(2,3)17-10(15)14-4-6-7(5-14)8(6)9(12)13-16/h6-8,16H,4-5H2,1-3H3,(H2,12,13)/t6-,7?,8?/m1/s1. The minimum absolute atomic E-state index is 0.138. The molecule has 0 bridgehead atoms. The van der Waals surface area contributed by atoms with Crippen LogP contribution >= 0.6 is 0 Å². The van der Waals surface area contributed by atoms with Crippen LogP contribution in [-0.4, -0.2) is 40.7 Å². The predicted octanol–water partition coefficient (Wildman–Crippen LogP) is 0.846. The van der Waals surface area contributed by atoms with Crippen LogP contribution in [0.25, 0.3) is 0 Å². The van der Waals surface area contributed by atoms with Gasteiger partial charge in [-0.2, -0.15) is 0 Å². The molecule has 1 amide bonds. The molecule has 17 heavy (non-hydrogen) atoms. The molecule has 0 aromatic carbocycles. The summed E-state index contributed by atoms with van der Waals surface area (Å²) in [6.45, 7) is 6.82. The van der Waals surface area contributed by atoms with Crippen molar-refractivity contribution in [1.82, 2.24) is 4.90 Å². The second-order valence-electron chi connectivity index (χ2n) is 5.76. The predicted molar refractivity (Wildman–Crippen MR) is 61.7 cm³/mol. The highest BCUT2D eigenvalue weighted by atomic mass is 16.6. The number of likely N-dealkylation sites (tertiary alicyclic amines) is 1. The van der Waals surface area contributed by atoms with Crippen molar-refractivity contribution >= 4 is 11.9 Å². The zero-order valence-corrected chi connectivity index (χ0v) is 10.4. The van der Waals surface area contributed by atoms with Crippen molar-refractivity contribution in [2.75, 3.05) is 13.1 Å². The van der Waals surface area contributed by atoms with Gasteiger partial charge in [0.15, 0.2) is 0 Å². The lowest BCUT2D eigenvalue weighted by atomic mass is 10.2. The van der Waals surface area contributed by atoms with Gasteiger partial charge in [0.05, 0.1) is 0 Å². The van der Waals surface area contributed by atoms with Gasteiger partial charge < -0.3 is 20.6 Å². The highest BCUT2D eigenvalue weighted by Crippen LogP contribution is 2.51. The first-order valence-electron chi connectivity index (χ1n) is 5.79. The van der Waals surface area contributed by atoms with Crippen LogP contribution in [0, 0.1) is 17.8 Å². The number of ether oxygens (including phenoxy) is 1. The molecule has 2 aliphatic rings. The Bertz CT molecular complexity index is 349. The summed E-state index contributed by atoms with van der Waals surface area (Å²) >= 11 is 0. The molecule has 6 heteroatoms. The largest absolute Gasteiger partial charge is 0.444 e. The van der Waals surface area contributed by atoms with E-state index in [1.807, 2.05) is 20.8 Å². The first kappa shape index (κ1) is 12.0. The van der Waals surface area contributed by atoms with Gasteiger partial charge in [0.25, 0.3) is 0 Å². The number of nitrogens with two attached hydrogens (primary N) is 1. The SMILES string of the molecule is CC(C)(C)OC(=O)N1CC2C(/C(N)=N/O)[C@@H]2C1. The number of nitrogens with zero attached hydrogens (tertiary/aromatic N) is 2. The molecule has 3 atom stereocenters. The maximum Gasteiger partial charge on any atom is 0.410 e. The lowest BCUT2D eigenvalue weighted by Crippen LogP contribution is -2.38. The van der Waals surface area contributed by atoms with Crippen molar-refractivity contribution in [3.05, 3.63) is 0 Å². The van der Waals surface area contributed by atoms with Gasteiger partial charge in [-0.3, -0.25) is 0 Å². The maximum atomic E-state index is 11.8. The molecule has 96 valence electrons. The summed E-state index contributed by atoms with van der Waals surface area (Å²) in [6, 6.07) is 0. The van der Waals surface area contributed by atoms with Gasteiger partial charge in [-0.05, 0) is 32.6 Å². The van der Waals surface area contributed by atoms with Crippen molar-refractivity contribution in [3.63, 3.8) is 0 Å². The van der Waals surface area contributed by atoms with Crippen LogP contribution in [0.4, 0.5) is 4.79 Å². The molecule has 0 aromatic rings. The number of fused-ring (bicyclic) bond motifs is 1. The van der Waals surface area contributed by atoms with Gasteiger partial charge in [0.2, 0.25) is 0 Å². The lowest BCUT2D eigenvalue weighted by Gasteiger charge is -2.25.